The molecule has 0 saturated carbocycles. The zero-order valence-corrected chi connectivity index (χ0v) is 10.2. The van der Waals surface area contributed by atoms with E-state index in [0.717, 1.165) is 16.3 Å². The van der Waals surface area contributed by atoms with Crippen LogP contribution in [0.15, 0.2) is 47.1 Å². The van der Waals surface area contributed by atoms with Gasteiger partial charge in [0.15, 0.2) is 16.6 Å². The van der Waals surface area contributed by atoms with Gasteiger partial charge in [-0.25, -0.2) is 4.98 Å². The lowest BCUT2D eigenvalue weighted by Gasteiger charge is -1.94. The fourth-order valence-corrected chi connectivity index (χ4v) is 2.22. The van der Waals surface area contributed by atoms with Gasteiger partial charge in [0.1, 0.15) is 0 Å². The molecule has 17 heavy (non-hydrogen) atoms. The number of nitrogens with zero attached hydrogens (tertiary/aromatic N) is 2. The molecule has 3 aromatic rings. The number of rotatable bonds is 2. The summed E-state index contributed by atoms with van der Waals surface area (Å²) in [6.07, 6.45) is 1.62. The molecular formula is C12H7ClN2OS. The number of furan rings is 1. The molecule has 0 fully saturated rings. The molecule has 0 radical (unpaired) electrons. The quantitative estimate of drug-likeness (QED) is 0.697. The highest BCUT2D eigenvalue weighted by molar-refractivity contribution is 7.09. The summed E-state index contributed by atoms with van der Waals surface area (Å²) in [5.41, 5.74) is 0.948. The van der Waals surface area contributed by atoms with Crippen molar-refractivity contribution >= 4 is 23.1 Å². The first kappa shape index (κ1) is 10.5. The van der Waals surface area contributed by atoms with Crippen LogP contribution in [0.4, 0.5) is 0 Å². The van der Waals surface area contributed by atoms with Crippen molar-refractivity contribution < 1.29 is 4.42 Å². The standard InChI is InChI=1S/C12H7ClN2OS/c13-9-5-3-8(4-6-9)11-14-12(17-15-11)10-2-1-7-16-10/h1-7H. The van der Waals surface area contributed by atoms with Crippen molar-refractivity contribution in [1.82, 2.24) is 9.36 Å². The Labute approximate surface area is 107 Å². The van der Waals surface area contributed by atoms with Crippen LogP contribution < -0.4 is 0 Å². The van der Waals surface area contributed by atoms with Gasteiger partial charge in [0, 0.05) is 10.6 Å². The minimum atomic E-state index is 0.693. The number of hydrogen-bond acceptors (Lipinski definition) is 4. The van der Waals surface area contributed by atoms with Gasteiger partial charge in [0.2, 0.25) is 0 Å². The second kappa shape index (κ2) is 4.31. The number of halogens is 1. The first-order chi connectivity index (χ1) is 8.33. The minimum absolute atomic E-state index is 0.693. The Hall–Kier alpha value is -1.65. The van der Waals surface area contributed by atoms with Crippen LogP contribution in [0.3, 0.4) is 0 Å². The summed E-state index contributed by atoms with van der Waals surface area (Å²) in [5.74, 6) is 1.43. The van der Waals surface area contributed by atoms with Crippen LogP contribution in [0.25, 0.3) is 22.2 Å². The topological polar surface area (TPSA) is 38.9 Å². The molecule has 0 saturated heterocycles. The normalized spacial score (nSPS) is 10.6. The van der Waals surface area contributed by atoms with Crippen molar-refractivity contribution in [2.75, 3.05) is 0 Å². The van der Waals surface area contributed by atoms with E-state index in [0.29, 0.717) is 10.8 Å². The van der Waals surface area contributed by atoms with Crippen LogP contribution >= 0.6 is 23.1 Å². The van der Waals surface area contributed by atoms with Crippen LogP contribution in [0.5, 0.6) is 0 Å². The highest BCUT2D eigenvalue weighted by Gasteiger charge is 2.09. The Morgan fingerprint density at radius 3 is 2.65 bits per heavy atom. The lowest BCUT2D eigenvalue weighted by Crippen LogP contribution is -1.79. The molecule has 1 aromatic carbocycles. The molecule has 84 valence electrons. The summed E-state index contributed by atoms with van der Waals surface area (Å²) in [6, 6.07) is 11.1. The largest absolute Gasteiger partial charge is 0.462 e. The molecule has 0 spiro atoms. The van der Waals surface area contributed by atoms with Crippen LogP contribution in [0.2, 0.25) is 5.02 Å². The van der Waals surface area contributed by atoms with Crippen molar-refractivity contribution in [2.45, 2.75) is 0 Å². The molecule has 5 heteroatoms. The Morgan fingerprint density at radius 1 is 1.12 bits per heavy atom. The highest BCUT2D eigenvalue weighted by atomic mass is 35.5. The fourth-order valence-electron chi connectivity index (χ4n) is 1.44. The van der Waals surface area contributed by atoms with Gasteiger partial charge in [-0.1, -0.05) is 11.6 Å². The van der Waals surface area contributed by atoms with Crippen LogP contribution in [-0.4, -0.2) is 9.36 Å². The van der Waals surface area contributed by atoms with E-state index in [2.05, 4.69) is 9.36 Å². The van der Waals surface area contributed by atoms with Crippen LogP contribution in [0.1, 0.15) is 0 Å². The summed E-state index contributed by atoms with van der Waals surface area (Å²) >= 11 is 7.15. The second-order valence-electron chi connectivity index (χ2n) is 3.41. The van der Waals surface area contributed by atoms with Crippen molar-refractivity contribution in [3.05, 3.63) is 47.7 Å². The molecule has 0 aliphatic rings. The molecule has 0 aliphatic carbocycles. The molecule has 0 amide bonds. The molecule has 0 bridgehead atoms. The highest BCUT2D eigenvalue weighted by Crippen LogP contribution is 2.26. The Morgan fingerprint density at radius 2 is 1.94 bits per heavy atom. The van der Waals surface area contributed by atoms with Gasteiger partial charge in [0.25, 0.3) is 0 Å². The predicted molar refractivity (Wildman–Crippen MR) is 68.1 cm³/mol. The SMILES string of the molecule is Clc1ccc(-c2nsc(-c3ccco3)n2)cc1. The zero-order chi connectivity index (χ0) is 11.7. The van der Waals surface area contributed by atoms with Crippen molar-refractivity contribution in [3.8, 4) is 22.2 Å². The molecule has 0 N–H and O–H groups in total. The lowest BCUT2D eigenvalue weighted by molar-refractivity contribution is 0.582. The van der Waals surface area contributed by atoms with Crippen LogP contribution in [-0.2, 0) is 0 Å². The Kier molecular flexibility index (Phi) is 2.66. The lowest BCUT2D eigenvalue weighted by atomic mass is 10.2. The van der Waals surface area contributed by atoms with E-state index in [4.69, 9.17) is 16.0 Å². The average molecular weight is 263 g/mol. The van der Waals surface area contributed by atoms with E-state index in [1.165, 1.54) is 11.5 Å². The Balaban J connectivity index is 1.98. The van der Waals surface area contributed by atoms with Crippen molar-refractivity contribution in [2.24, 2.45) is 0 Å². The van der Waals surface area contributed by atoms with Gasteiger partial charge in [-0.2, -0.15) is 4.37 Å². The molecule has 3 nitrogen and oxygen atoms in total. The zero-order valence-electron chi connectivity index (χ0n) is 8.63. The van der Waals surface area contributed by atoms with Gasteiger partial charge in [-0.3, -0.25) is 0 Å². The first-order valence-corrected chi connectivity index (χ1v) is 6.11. The molecule has 2 heterocycles. The average Bonchev–Trinajstić information content (AvgIpc) is 3.00. The third-order valence-electron chi connectivity index (χ3n) is 2.26. The molecule has 2 aromatic heterocycles. The third kappa shape index (κ3) is 2.09. The van der Waals surface area contributed by atoms with E-state index in [1.807, 2.05) is 36.4 Å². The van der Waals surface area contributed by atoms with Crippen molar-refractivity contribution in [1.29, 1.82) is 0 Å². The minimum Gasteiger partial charge on any atom is -0.462 e. The summed E-state index contributed by atoms with van der Waals surface area (Å²) in [4.78, 5) is 4.42. The van der Waals surface area contributed by atoms with Gasteiger partial charge >= 0.3 is 0 Å². The van der Waals surface area contributed by atoms with E-state index in [1.54, 1.807) is 6.26 Å². The van der Waals surface area contributed by atoms with E-state index in [9.17, 15) is 0 Å². The monoisotopic (exact) mass is 262 g/mol. The molecule has 3 rings (SSSR count). The first-order valence-electron chi connectivity index (χ1n) is 4.96. The fraction of sp³-hybridized carbons (Fsp3) is 0. The van der Waals surface area contributed by atoms with Crippen LogP contribution in [0, 0.1) is 0 Å². The van der Waals surface area contributed by atoms with Crippen molar-refractivity contribution in [3.63, 3.8) is 0 Å². The summed E-state index contributed by atoms with van der Waals surface area (Å²) in [7, 11) is 0. The summed E-state index contributed by atoms with van der Waals surface area (Å²) in [5, 5.41) is 1.48. The summed E-state index contributed by atoms with van der Waals surface area (Å²) < 4.78 is 9.57. The van der Waals surface area contributed by atoms with E-state index < -0.39 is 0 Å². The Bertz CT molecular complexity index is 616. The number of hydrogen-bond donors (Lipinski definition) is 0. The predicted octanol–water partition coefficient (Wildman–Crippen LogP) is 4.12. The molecule has 0 aliphatic heterocycles. The van der Waals surface area contributed by atoms with Gasteiger partial charge in [-0.05, 0) is 47.9 Å². The second-order valence-corrected chi connectivity index (χ2v) is 4.60. The number of aromatic nitrogens is 2. The van der Waals surface area contributed by atoms with Gasteiger partial charge in [-0.15, -0.1) is 0 Å². The summed E-state index contributed by atoms with van der Waals surface area (Å²) in [6.45, 7) is 0. The smallest absolute Gasteiger partial charge is 0.179 e. The molecular weight excluding hydrogens is 256 g/mol. The van der Waals surface area contributed by atoms with Gasteiger partial charge in [0.05, 0.1) is 6.26 Å². The maximum atomic E-state index is 5.83. The molecule has 0 unspecified atom stereocenters. The van der Waals surface area contributed by atoms with E-state index >= 15 is 0 Å². The third-order valence-corrected chi connectivity index (χ3v) is 3.24. The maximum absolute atomic E-state index is 5.83. The maximum Gasteiger partial charge on any atom is 0.179 e. The molecule has 0 atom stereocenters. The number of benzene rings is 1. The van der Waals surface area contributed by atoms with E-state index in [-0.39, 0.29) is 0 Å². The van der Waals surface area contributed by atoms with Gasteiger partial charge < -0.3 is 4.42 Å².